The van der Waals surface area contributed by atoms with E-state index < -0.39 is 0 Å². The molecule has 100 valence electrons. The molecular formula is C13H14FN3OS. The zero-order valence-electron chi connectivity index (χ0n) is 10.6. The van der Waals surface area contributed by atoms with E-state index in [1.54, 1.807) is 22.9 Å². The van der Waals surface area contributed by atoms with E-state index in [-0.39, 0.29) is 17.8 Å². The van der Waals surface area contributed by atoms with Gasteiger partial charge in [-0.1, -0.05) is 0 Å². The Morgan fingerprint density at radius 3 is 2.58 bits per heavy atom. The summed E-state index contributed by atoms with van der Waals surface area (Å²) < 4.78 is 14.9. The average molecular weight is 279 g/mol. The number of benzene rings is 1. The highest BCUT2D eigenvalue weighted by Crippen LogP contribution is 2.13. The van der Waals surface area contributed by atoms with Gasteiger partial charge in [-0.3, -0.25) is 9.36 Å². The lowest BCUT2D eigenvalue weighted by Gasteiger charge is -2.11. The maximum Gasteiger partial charge on any atom is 0.270 e. The SMILES string of the molecule is CC(C)NC(=O)c1c[nH]c(=S)n1-c1ccc(F)cc1. The summed E-state index contributed by atoms with van der Waals surface area (Å²) in [6.07, 6.45) is 1.55. The van der Waals surface area contributed by atoms with Gasteiger partial charge in [0.2, 0.25) is 0 Å². The van der Waals surface area contributed by atoms with Crippen LogP contribution in [0.5, 0.6) is 0 Å². The van der Waals surface area contributed by atoms with Crippen LogP contribution in [0, 0.1) is 10.6 Å². The molecule has 0 saturated carbocycles. The molecule has 0 aliphatic carbocycles. The number of rotatable bonds is 3. The zero-order valence-corrected chi connectivity index (χ0v) is 11.4. The van der Waals surface area contributed by atoms with Crippen molar-refractivity contribution in [2.45, 2.75) is 19.9 Å². The summed E-state index contributed by atoms with van der Waals surface area (Å²) in [6.45, 7) is 3.75. The van der Waals surface area contributed by atoms with E-state index >= 15 is 0 Å². The summed E-state index contributed by atoms with van der Waals surface area (Å²) in [5.41, 5.74) is 1.03. The van der Waals surface area contributed by atoms with Crippen LogP contribution in [0.4, 0.5) is 4.39 Å². The van der Waals surface area contributed by atoms with E-state index in [9.17, 15) is 9.18 Å². The number of amides is 1. The Morgan fingerprint density at radius 1 is 1.37 bits per heavy atom. The lowest BCUT2D eigenvalue weighted by atomic mass is 10.3. The number of H-pyrrole nitrogens is 1. The highest BCUT2D eigenvalue weighted by atomic mass is 32.1. The molecular weight excluding hydrogens is 265 g/mol. The molecule has 6 heteroatoms. The molecule has 2 rings (SSSR count). The molecule has 0 radical (unpaired) electrons. The summed E-state index contributed by atoms with van der Waals surface area (Å²) in [7, 11) is 0. The number of hydrogen-bond donors (Lipinski definition) is 2. The number of nitrogens with zero attached hydrogens (tertiary/aromatic N) is 1. The molecule has 0 aliphatic heterocycles. The first-order chi connectivity index (χ1) is 8.99. The zero-order chi connectivity index (χ0) is 14.0. The highest BCUT2D eigenvalue weighted by Gasteiger charge is 2.14. The fraction of sp³-hybridized carbons (Fsp3) is 0.231. The Morgan fingerprint density at radius 2 is 2.00 bits per heavy atom. The Labute approximate surface area is 115 Å². The van der Waals surface area contributed by atoms with E-state index in [2.05, 4.69) is 10.3 Å². The maximum atomic E-state index is 12.9. The van der Waals surface area contributed by atoms with E-state index in [4.69, 9.17) is 12.2 Å². The van der Waals surface area contributed by atoms with Gasteiger partial charge in [0.25, 0.3) is 5.91 Å². The molecule has 2 aromatic rings. The second-order valence-corrected chi connectivity index (χ2v) is 4.81. The van der Waals surface area contributed by atoms with Gasteiger partial charge in [0, 0.05) is 17.9 Å². The number of hydrogen-bond acceptors (Lipinski definition) is 2. The van der Waals surface area contributed by atoms with Crippen LogP contribution in [0.1, 0.15) is 24.3 Å². The molecule has 1 amide bonds. The number of imidazole rings is 1. The van der Waals surface area contributed by atoms with Crippen LogP contribution in [0.2, 0.25) is 0 Å². The molecule has 0 bridgehead atoms. The normalized spacial score (nSPS) is 10.7. The van der Waals surface area contributed by atoms with E-state index in [1.807, 2.05) is 13.8 Å². The van der Waals surface area contributed by atoms with Crippen LogP contribution in [-0.4, -0.2) is 21.5 Å². The summed E-state index contributed by atoms with van der Waals surface area (Å²) in [5.74, 6) is -0.564. The van der Waals surface area contributed by atoms with E-state index in [0.717, 1.165) is 0 Å². The summed E-state index contributed by atoms with van der Waals surface area (Å²) >= 11 is 5.15. The van der Waals surface area contributed by atoms with Gasteiger partial charge < -0.3 is 10.3 Å². The minimum absolute atomic E-state index is 0.0256. The molecule has 0 fully saturated rings. The first kappa shape index (κ1) is 13.5. The Balaban J connectivity index is 2.46. The first-order valence-corrected chi connectivity index (χ1v) is 6.27. The van der Waals surface area contributed by atoms with Crippen molar-refractivity contribution >= 4 is 18.1 Å². The van der Waals surface area contributed by atoms with Gasteiger partial charge in [-0.25, -0.2) is 4.39 Å². The standard InChI is InChI=1S/C13H14FN3OS/c1-8(2)16-12(18)11-7-15-13(19)17(11)10-5-3-9(14)4-6-10/h3-8H,1-2H3,(H,15,19)(H,16,18). The molecule has 4 nitrogen and oxygen atoms in total. The highest BCUT2D eigenvalue weighted by molar-refractivity contribution is 7.71. The van der Waals surface area contributed by atoms with Gasteiger partial charge in [-0.2, -0.15) is 0 Å². The molecule has 0 unspecified atom stereocenters. The topological polar surface area (TPSA) is 49.8 Å². The van der Waals surface area contributed by atoms with Crippen molar-refractivity contribution in [3.8, 4) is 5.69 Å². The van der Waals surface area contributed by atoms with Crippen LogP contribution < -0.4 is 5.32 Å². The van der Waals surface area contributed by atoms with Crippen molar-refractivity contribution in [3.05, 3.63) is 46.7 Å². The minimum Gasteiger partial charge on any atom is -0.349 e. The van der Waals surface area contributed by atoms with Crippen molar-refractivity contribution < 1.29 is 9.18 Å². The van der Waals surface area contributed by atoms with E-state index in [0.29, 0.717) is 16.2 Å². The van der Waals surface area contributed by atoms with Crippen LogP contribution in [-0.2, 0) is 0 Å². The summed E-state index contributed by atoms with van der Waals surface area (Å²) in [6, 6.07) is 5.83. The lowest BCUT2D eigenvalue weighted by Crippen LogP contribution is -2.31. The molecule has 1 aromatic heterocycles. The summed E-state index contributed by atoms with van der Waals surface area (Å²) in [4.78, 5) is 14.9. The van der Waals surface area contributed by atoms with Crippen LogP contribution in [0.3, 0.4) is 0 Å². The Bertz CT molecular complexity index is 643. The quantitative estimate of drug-likeness (QED) is 0.849. The smallest absolute Gasteiger partial charge is 0.270 e. The third-order valence-electron chi connectivity index (χ3n) is 2.51. The average Bonchev–Trinajstić information content (AvgIpc) is 2.71. The van der Waals surface area contributed by atoms with Gasteiger partial charge in [-0.15, -0.1) is 0 Å². The third kappa shape index (κ3) is 2.90. The predicted molar refractivity (Wildman–Crippen MR) is 73.5 cm³/mol. The van der Waals surface area contributed by atoms with Gasteiger partial charge in [0.1, 0.15) is 11.5 Å². The van der Waals surface area contributed by atoms with Crippen LogP contribution in [0.25, 0.3) is 5.69 Å². The number of nitrogens with one attached hydrogen (secondary N) is 2. The lowest BCUT2D eigenvalue weighted by molar-refractivity contribution is 0.0936. The van der Waals surface area contributed by atoms with Gasteiger partial charge in [-0.05, 0) is 50.3 Å². The molecule has 0 aliphatic rings. The van der Waals surface area contributed by atoms with Crippen molar-refractivity contribution in [1.29, 1.82) is 0 Å². The van der Waals surface area contributed by atoms with Crippen molar-refractivity contribution in [2.75, 3.05) is 0 Å². The molecule has 19 heavy (non-hydrogen) atoms. The number of aromatic nitrogens is 2. The molecule has 2 N–H and O–H groups in total. The number of carbonyl (C=O) groups excluding carboxylic acids is 1. The van der Waals surface area contributed by atoms with Crippen LogP contribution in [0.15, 0.2) is 30.5 Å². The second kappa shape index (κ2) is 5.36. The fourth-order valence-corrected chi connectivity index (χ4v) is 1.98. The number of halogens is 1. The minimum atomic E-state index is -0.334. The monoisotopic (exact) mass is 279 g/mol. The molecule has 1 aromatic carbocycles. The molecule has 0 atom stereocenters. The number of carbonyl (C=O) groups is 1. The van der Waals surface area contributed by atoms with E-state index in [1.165, 1.54) is 12.1 Å². The second-order valence-electron chi connectivity index (χ2n) is 4.42. The third-order valence-corrected chi connectivity index (χ3v) is 2.81. The summed E-state index contributed by atoms with van der Waals surface area (Å²) in [5, 5.41) is 2.79. The fourth-order valence-electron chi connectivity index (χ4n) is 1.72. The Hall–Kier alpha value is -1.95. The molecule has 0 saturated heterocycles. The largest absolute Gasteiger partial charge is 0.349 e. The van der Waals surface area contributed by atoms with Crippen molar-refractivity contribution in [3.63, 3.8) is 0 Å². The predicted octanol–water partition coefficient (Wildman–Crippen LogP) is 2.81. The Kier molecular flexibility index (Phi) is 3.80. The molecule has 1 heterocycles. The maximum absolute atomic E-state index is 12.9. The van der Waals surface area contributed by atoms with Crippen molar-refractivity contribution in [1.82, 2.24) is 14.9 Å². The van der Waals surface area contributed by atoms with Crippen molar-refractivity contribution in [2.24, 2.45) is 0 Å². The molecule has 0 spiro atoms. The van der Waals surface area contributed by atoms with Gasteiger partial charge in [0.05, 0.1) is 0 Å². The van der Waals surface area contributed by atoms with Gasteiger partial charge >= 0.3 is 0 Å². The van der Waals surface area contributed by atoms with Crippen LogP contribution >= 0.6 is 12.2 Å². The first-order valence-electron chi connectivity index (χ1n) is 5.86. The number of aromatic amines is 1. The van der Waals surface area contributed by atoms with Gasteiger partial charge in [0.15, 0.2) is 4.77 Å².